The van der Waals surface area contributed by atoms with Crippen molar-refractivity contribution in [2.24, 2.45) is 15.3 Å². The van der Waals surface area contributed by atoms with Crippen LogP contribution in [0.25, 0.3) is 0 Å². The number of carboxylic acid groups (broad SMARTS) is 1. The van der Waals surface area contributed by atoms with Gasteiger partial charge in [0.25, 0.3) is 11.8 Å². The van der Waals surface area contributed by atoms with Gasteiger partial charge in [-0.1, -0.05) is 30.3 Å². The minimum absolute atomic E-state index is 0.0338. The highest BCUT2D eigenvalue weighted by atomic mass is 16.4. The Kier molecular flexibility index (Phi) is 4.66. The van der Waals surface area contributed by atoms with Crippen LogP contribution in [0, 0.1) is 0 Å². The minimum Gasteiger partial charge on any atom is -0.478 e. The zero-order valence-corrected chi connectivity index (χ0v) is 13.7. The van der Waals surface area contributed by atoms with E-state index in [0.717, 1.165) is 5.01 Å². The first kappa shape index (κ1) is 17.2. The van der Waals surface area contributed by atoms with Crippen molar-refractivity contribution in [2.45, 2.75) is 13.0 Å². The number of amides is 2. The number of nitrogens with zero attached hydrogens (tertiary/aromatic N) is 4. The molecule has 0 bridgehead atoms. The molecular weight excluding hydrogens is 336 g/mol. The summed E-state index contributed by atoms with van der Waals surface area (Å²) in [5, 5.41) is 21.7. The number of hydrazone groups is 1. The van der Waals surface area contributed by atoms with Gasteiger partial charge in [-0.3, -0.25) is 9.59 Å². The molecule has 1 N–H and O–H groups in total. The molecule has 0 saturated heterocycles. The van der Waals surface area contributed by atoms with E-state index in [1.165, 1.54) is 12.1 Å². The Morgan fingerprint density at radius 1 is 1.08 bits per heavy atom. The van der Waals surface area contributed by atoms with Crippen molar-refractivity contribution in [3.05, 3.63) is 65.7 Å². The Morgan fingerprint density at radius 2 is 1.73 bits per heavy atom. The summed E-state index contributed by atoms with van der Waals surface area (Å²) < 4.78 is 0. The molecule has 1 atom stereocenters. The van der Waals surface area contributed by atoms with Gasteiger partial charge in [-0.15, -0.1) is 0 Å². The van der Waals surface area contributed by atoms with Crippen LogP contribution in [0.2, 0.25) is 0 Å². The maximum Gasteiger partial charge on any atom is 0.337 e. The number of hydrogen-bond acceptors (Lipinski definition) is 6. The van der Waals surface area contributed by atoms with Gasteiger partial charge in [0.15, 0.2) is 6.04 Å². The molecule has 8 heteroatoms. The Bertz CT molecular complexity index is 937. The van der Waals surface area contributed by atoms with E-state index in [4.69, 9.17) is 5.11 Å². The molecule has 2 amide bonds. The first-order valence-electron chi connectivity index (χ1n) is 7.70. The summed E-state index contributed by atoms with van der Waals surface area (Å²) in [6.07, 6.45) is 0. The zero-order chi connectivity index (χ0) is 18.7. The highest BCUT2D eigenvalue weighted by Gasteiger charge is 2.38. The molecule has 2 aromatic carbocycles. The third-order valence-electron chi connectivity index (χ3n) is 3.72. The van der Waals surface area contributed by atoms with E-state index in [0.29, 0.717) is 11.3 Å². The SMILES string of the molecule is CC1=NN(C(=O)c2ccccc2)C(=O)C1N=Nc1ccccc1C(=O)O. The normalized spacial score (nSPS) is 16.8. The van der Waals surface area contributed by atoms with E-state index >= 15 is 0 Å². The summed E-state index contributed by atoms with van der Waals surface area (Å²) in [5.74, 6) is -2.34. The summed E-state index contributed by atoms with van der Waals surface area (Å²) >= 11 is 0. The predicted molar refractivity (Wildman–Crippen MR) is 92.4 cm³/mol. The molecule has 0 fully saturated rings. The van der Waals surface area contributed by atoms with E-state index in [2.05, 4.69) is 15.3 Å². The highest BCUT2D eigenvalue weighted by Crippen LogP contribution is 2.22. The molecule has 1 heterocycles. The lowest BCUT2D eigenvalue weighted by Crippen LogP contribution is -2.34. The van der Waals surface area contributed by atoms with Crippen LogP contribution in [0.4, 0.5) is 5.69 Å². The maximum absolute atomic E-state index is 12.5. The summed E-state index contributed by atoms with van der Waals surface area (Å²) in [5.41, 5.74) is 0.712. The van der Waals surface area contributed by atoms with E-state index in [9.17, 15) is 14.4 Å². The number of benzene rings is 2. The van der Waals surface area contributed by atoms with Gasteiger partial charge in [0, 0.05) is 5.56 Å². The van der Waals surface area contributed by atoms with Crippen molar-refractivity contribution in [3.8, 4) is 0 Å². The number of hydrogen-bond donors (Lipinski definition) is 1. The molecule has 1 aliphatic heterocycles. The smallest absolute Gasteiger partial charge is 0.337 e. The average molecular weight is 350 g/mol. The molecule has 26 heavy (non-hydrogen) atoms. The van der Waals surface area contributed by atoms with Gasteiger partial charge in [-0.05, 0) is 31.2 Å². The molecular formula is C18H14N4O4. The van der Waals surface area contributed by atoms with Gasteiger partial charge >= 0.3 is 5.97 Å². The van der Waals surface area contributed by atoms with Crippen LogP contribution in [0.15, 0.2) is 69.9 Å². The fourth-order valence-electron chi connectivity index (χ4n) is 2.40. The molecule has 0 radical (unpaired) electrons. The fraction of sp³-hybridized carbons (Fsp3) is 0.111. The molecule has 0 aromatic heterocycles. The van der Waals surface area contributed by atoms with Gasteiger partial charge < -0.3 is 5.11 Å². The molecule has 3 rings (SSSR count). The van der Waals surface area contributed by atoms with Crippen LogP contribution in [0.1, 0.15) is 27.6 Å². The number of carbonyl (C=O) groups excluding carboxylic acids is 2. The molecule has 0 saturated carbocycles. The lowest BCUT2D eigenvalue weighted by Gasteiger charge is -2.10. The van der Waals surface area contributed by atoms with Crippen LogP contribution in [-0.2, 0) is 4.79 Å². The molecule has 2 aromatic rings. The van der Waals surface area contributed by atoms with Crippen LogP contribution < -0.4 is 0 Å². The van der Waals surface area contributed by atoms with E-state index < -0.39 is 23.8 Å². The number of azo groups is 1. The standard InChI is InChI=1S/C18H14N4O4/c1-11-15(20-19-14-10-6-5-9-13(14)18(25)26)17(24)22(21-11)16(23)12-7-3-2-4-8-12/h2-10,15H,1H3,(H,25,26). The Morgan fingerprint density at radius 3 is 2.42 bits per heavy atom. The van der Waals surface area contributed by atoms with Gasteiger partial charge in [0.2, 0.25) is 0 Å². The molecule has 8 nitrogen and oxygen atoms in total. The average Bonchev–Trinajstić information content (AvgIpc) is 2.94. The maximum atomic E-state index is 12.5. The second-order valence-electron chi connectivity index (χ2n) is 5.50. The fourth-order valence-corrected chi connectivity index (χ4v) is 2.40. The van der Waals surface area contributed by atoms with Crippen LogP contribution in [0.5, 0.6) is 0 Å². The lowest BCUT2D eigenvalue weighted by atomic mass is 10.2. The third kappa shape index (κ3) is 3.25. The van der Waals surface area contributed by atoms with Gasteiger partial charge in [0.05, 0.1) is 17.0 Å². The van der Waals surface area contributed by atoms with Crippen molar-refractivity contribution < 1.29 is 19.5 Å². The number of carboxylic acids is 1. The summed E-state index contributed by atoms with van der Waals surface area (Å²) in [6, 6.07) is 13.3. The Hall–Kier alpha value is -3.68. The van der Waals surface area contributed by atoms with Crippen LogP contribution in [0.3, 0.4) is 0 Å². The molecule has 0 spiro atoms. The van der Waals surface area contributed by atoms with Gasteiger partial charge in [-0.25, -0.2) is 4.79 Å². The van der Waals surface area contributed by atoms with Crippen molar-refractivity contribution in [2.75, 3.05) is 0 Å². The Labute approximate surface area is 148 Å². The van der Waals surface area contributed by atoms with E-state index in [1.807, 2.05) is 0 Å². The number of imide groups is 1. The number of rotatable bonds is 4. The predicted octanol–water partition coefficient (Wildman–Crippen LogP) is 2.90. The summed E-state index contributed by atoms with van der Waals surface area (Å²) in [4.78, 5) is 36.1. The minimum atomic E-state index is -1.15. The largest absolute Gasteiger partial charge is 0.478 e. The number of aromatic carboxylic acids is 1. The van der Waals surface area contributed by atoms with Gasteiger partial charge in [-0.2, -0.15) is 20.3 Å². The van der Waals surface area contributed by atoms with Gasteiger partial charge in [0.1, 0.15) is 0 Å². The molecule has 1 aliphatic rings. The first-order chi connectivity index (χ1) is 12.5. The zero-order valence-electron chi connectivity index (χ0n) is 13.7. The monoisotopic (exact) mass is 350 g/mol. The first-order valence-corrected chi connectivity index (χ1v) is 7.70. The lowest BCUT2D eigenvalue weighted by molar-refractivity contribution is -0.127. The molecule has 0 aliphatic carbocycles. The third-order valence-corrected chi connectivity index (χ3v) is 3.72. The molecule has 130 valence electrons. The van der Waals surface area contributed by atoms with E-state index in [1.54, 1.807) is 49.4 Å². The van der Waals surface area contributed by atoms with Crippen molar-refractivity contribution in [3.63, 3.8) is 0 Å². The summed E-state index contributed by atoms with van der Waals surface area (Å²) in [7, 11) is 0. The molecule has 1 unspecified atom stereocenters. The quantitative estimate of drug-likeness (QED) is 0.675. The van der Waals surface area contributed by atoms with E-state index in [-0.39, 0.29) is 11.3 Å². The van der Waals surface area contributed by atoms with Crippen molar-refractivity contribution in [1.82, 2.24) is 5.01 Å². The number of carbonyl (C=O) groups is 3. The topological polar surface area (TPSA) is 112 Å². The van der Waals surface area contributed by atoms with Crippen LogP contribution in [-0.4, -0.2) is 39.7 Å². The van der Waals surface area contributed by atoms with Crippen LogP contribution >= 0.6 is 0 Å². The highest BCUT2D eigenvalue weighted by molar-refractivity contribution is 6.18. The Balaban J connectivity index is 1.83. The van der Waals surface area contributed by atoms with Crippen molar-refractivity contribution in [1.29, 1.82) is 0 Å². The second kappa shape index (κ2) is 7.06. The summed E-state index contributed by atoms with van der Waals surface area (Å²) in [6.45, 7) is 1.56. The second-order valence-corrected chi connectivity index (χ2v) is 5.50. The van der Waals surface area contributed by atoms with Crippen molar-refractivity contribution >= 4 is 29.2 Å².